The van der Waals surface area contributed by atoms with Gasteiger partial charge < -0.3 is 5.73 Å². The van der Waals surface area contributed by atoms with Gasteiger partial charge >= 0.3 is 0 Å². The second-order valence-electron chi connectivity index (χ2n) is 3.69. The Morgan fingerprint density at radius 1 is 1.40 bits per heavy atom. The summed E-state index contributed by atoms with van der Waals surface area (Å²) in [7, 11) is 0. The summed E-state index contributed by atoms with van der Waals surface area (Å²) in [6, 6.07) is 8.60. The van der Waals surface area contributed by atoms with Crippen molar-refractivity contribution in [2.75, 3.05) is 12.0 Å². The van der Waals surface area contributed by atoms with Gasteiger partial charge in [0, 0.05) is 10.5 Å². The van der Waals surface area contributed by atoms with Gasteiger partial charge in [-0.3, -0.25) is 0 Å². The molecule has 1 rings (SSSR count). The minimum absolute atomic E-state index is 0.288. The fraction of sp³-hybridized carbons (Fsp3) is 0.500. The van der Waals surface area contributed by atoms with E-state index < -0.39 is 0 Å². The standard InChI is InChI=1S/C12H18BrNS/c1-15-8-4-6-11(14)9-10-5-2-3-7-12(10)13/h2-3,5,7,11H,4,6,8-9,14H2,1H3. The van der Waals surface area contributed by atoms with Crippen molar-refractivity contribution < 1.29 is 0 Å². The van der Waals surface area contributed by atoms with Crippen LogP contribution in [0.3, 0.4) is 0 Å². The highest BCUT2D eigenvalue weighted by Gasteiger charge is 2.05. The highest BCUT2D eigenvalue weighted by molar-refractivity contribution is 9.10. The van der Waals surface area contributed by atoms with E-state index in [2.05, 4.69) is 40.4 Å². The molecule has 0 spiro atoms. The minimum atomic E-state index is 0.288. The Morgan fingerprint density at radius 3 is 2.80 bits per heavy atom. The summed E-state index contributed by atoms with van der Waals surface area (Å²) in [5.74, 6) is 1.21. The van der Waals surface area contributed by atoms with Gasteiger partial charge in [-0.2, -0.15) is 11.8 Å². The van der Waals surface area contributed by atoms with E-state index in [9.17, 15) is 0 Å². The summed E-state index contributed by atoms with van der Waals surface area (Å²) in [5.41, 5.74) is 7.40. The Bertz CT molecular complexity index is 291. The molecule has 0 aliphatic heterocycles. The molecule has 0 amide bonds. The summed E-state index contributed by atoms with van der Waals surface area (Å²) < 4.78 is 1.17. The Morgan fingerprint density at radius 2 is 2.13 bits per heavy atom. The molecule has 3 heteroatoms. The molecule has 0 bridgehead atoms. The van der Waals surface area contributed by atoms with E-state index in [1.165, 1.54) is 22.2 Å². The van der Waals surface area contributed by atoms with Crippen molar-refractivity contribution in [1.29, 1.82) is 0 Å². The normalized spacial score (nSPS) is 12.7. The van der Waals surface area contributed by atoms with Crippen molar-refractivity contribution in [3.8, 4) is 0 Å². The number of hydrogen-bond donors (Lipinski definition) is 1. The summed E-state index contributed by atoms with van der Waals surface area (Å²) in [5, 5.41) is 0. The predicted molar refractivity (Wildman–Crippen MR) is 73.4 cm³/mol. The molecule has 0 fully saturated rings. The highest BCUT2D eigenvalue weighted by atomic mass is 79.9. The maximum atomic E-state index is 6.09. The van der Waals surface area contributed by atoms with Gasteiger partial charge in [0.15, 0.2) is 0 Å². The average molecular weight is 288 g/mol. The minimum Gasteiger partial charge on any atom is -0.327 e. The third kappa shape index (κ3) is 5.05. The fourth-order valence-electron chi connectivity index (χ4n) is 1.54. The van der Waals surface area contributed by atoms with Crippen LogP contribution < -0.4 is 5.73 Å². The molecule has 0 saturated carbocycles. The SMILES string of the molecule is CSCCCC(N)Cc1ccccc1Br. The summed E-state index contributed by atoms with van der Waals surface area (Å²) in [6.45, 7) is 0. The fourth-order valence-corrected chi connectivity index (χ4v) is 2.44. The Hall–Kier alpha value is 0.01000. The molecule has 84 valence electrons. The molecule has 0 aliphatic rings. The zero-order valence-electron chi connectivity index (χ0n) is 9.08. The monoisotopic (exact) mass is 287 g/mol. The van der Waals surface area contributed by atoms with E-state index in [1.807, 2.05) is 17.8 Å². The summed E-state index contributed by atoms with van der Waals surface area (Å²) in [4.78, 5) is 0. The smallest absolute Gasteiger partial charge is 0.0207 e. The van der Waals surface area contributed by atoms with Crippen molar-refractivity contribution in [3.05, 3.63) is 34.3 Å². The van der Waals surface area contributed by atoms with E-state index in [-0.39, 0.29) is 6.04 Å². The molecule has 1 nitrogen and oxygen atoms in total. The van der Waals surface area contributed by atoms with Crippen LogP contribution in [0.1, 0.15) is 18.4 Å². The molecule has 1 unspecified atom stereocenters. The van der Waals surface area contributed by atoms with Crippen LogP contribution in [0.25, 0.3) is 0 Å². The van der Waals surface area contributed by atoms with Crippen LogP contribution in [0.5, 0.6) is 0 Å². The van der Waals surface area contributed by atoms with Gasteiger partial charge in [-0.05, 0) is 42.9 Å². The largest absolute Gasteiger partial charge is 0.327 e. The first-order valence-electron chi connectivity index (χ1n) is 5.22. The van der Waals surface area contributed by atoms with Gasteiger partial charge in [0.25, 0.3) is 0 Å². The second kappa shape index (κ2) is 7.31. The van der Waals surface area contributed by atoms with Gasteiger partial charge in [-0.15, -0.1) is 0 Å². The van der Waals surface area contributed by atoms with Crippen LogP contribution in [-0.2, 0) is 6.42 Å². The molecule has 15 heavy (non-hydrogen) atoms. The topological polar surface area (TPSA) is 26.0 Å². The third-order valence-corrected chi connectivity index (χ3v) is 3.83. The van der Waals surface area contributed by atoms with E-state index in [0.717, 1.165) is 12.8 Å². The quantitative estimate of drug-likeness (QED) is 0.811. The van der Waals surface area contributed by atoms with Crippen LogP contribution in [0.15, 0.2) is 28.7 Å². The zero-order valence-corrected chi connectivity index (χ0v) is 11.5. The Kier molecular flexibility index (Phi) is 6.37. The van der Waals surface area contributed by atoms with Crippen LogP contribution in [0.2, 0.25) is 0 Å². The number of thioether (sulfide) groups is 1. The molecule has 0 aliphatic carbocycles. The van der Waals surface area contributed by atoms with Crippen molar-refractivity contribution in [2.24, 2.45) is 5.73 Å². The van der Waals surface area contributed by atoms with Crippen LogP contribution in [0.4, 0.5) is 0 Å². The lowest BCUT2D eigenvalue weighted by Gasteiger charge is -2.12. The van der Waals surface area contributed by atoms with Gasteiger partial charge in [0.1, 0.15) is 0 Å². The van der Waals surface area contributed by atoms with Crippen LogP contribution >= 0.6 is 27.7 Å². The second-order valence-corrected chi connectivity index (χ2v) is 5.53. The number of rotatable bonds is 6. The number of nitrogens with two attached hydrogens (primary N) is 1. The molecule has 0 heterocycles. The first kappa shape index (κ1) is 13.1. The average Bonchev–Trinajstić information content (AvgIpc) is 2.22. The molecule has 0 saturated heterocycles. The maximum absolute atomic E-state index is 6.09. The lowest BCUT2D eigenvalue weighted by molar-refractivity contribution is 0.602. The highest BCUT2D eigenvalue weighted by Crippen LogP contribution is 2.18. The van der Waals surface area contributed by atoms with Gasteiger partial charge in [-0.25, -0.2) is 0 Å². The molecule has 2 N–H and O–H groups in total. The number of hydrogen-bond acceptors (Lipinski definition) is 2. The number of benzene rings is 1. The molecule has 1 aromatic rings. The maximum Gasteiger partial charge on any atom is 0.0207 e. The molecule has 1 atom stereocenters. The van der Waals surface area contributed by atoms with Crippen molar-refractivity contribution in [3.63, 3.8) is 0 Å². The lowest BCUT2D eigenvalue weighted by atomic mass is 10.0. The molecule has 0 radical (unpaired) electrons. The summed E-state index contributed by atoms with van der Waals surface area (Å²) in [6.07, 6.45) is 5.43. The van der Waals surface area contributed by atoms with Gasteiger partial charge in [-0.1, -0.05) is 34.1 Å². The van der Waals surface area contributed by atoms with Crippen LogP contribution in [0, 0.1) is 0 Å². The number of halogens is 1. The zero-order chi connectivity index (χ0) is 11.1. The molecular weight excluding hydrogens is 270 g/mol. The lowest BCUT2D eigenvalue weighted by Crippen LogP contribution is -2.23. The van der Waals surface area contributed by atoms with Crippen LogP contribution in [-0.4, -0.2) is 18.1 Å². The molecule has 0 aromatic heterocycles. The third-order valence-electron chi connectivity index (χ3n) is 2.36. The van der Waals surface area contributed by atoms with E-state index in [4.69, 9.17) is 5.73 Å². The first-order valence-corrected chi connectivity index (χ1v) is 7.40. The van der Waals surface area contributed by atoms with Gasteiger partial charge in [0.05, 0.1) is 0 Å². The van der Waals surface area contributed by atoms with Gasteiger partial charge in [0.2, 0.25) is 0 Å². The Balaban J connectivity index is 2.37. The predicted octanol–water partition coefficient (Wildman–Crippen LogP) is 3.46. The first-order chi connectivity index (χ1) is 7.24. The molecular formula is C12H18BrNS. The molecule has 1 aromatic carbocycles. The summed E-state index contributed by atoms with van der Waals surface area (Å²) >= 11 is 5.44. The van der Waals surface area contributed by atoms with E-state index in [0.29, 0.717) is 0 Å². The van der Waals surface area contributed by atoms with Crippen molar-refractivity contribution in [1.82, 2.24) is 0 Å². The van der Waals surface area contributed by atoms with Crippen molar-refractivity contribution >= 4 is 27.7 Å². The Labute approximate surface area is 105 Å². The van der Waals surface area contributed by atoms with E-state index >= 15 is 0 Å². The van der Waals surface area contributed by atoms with Crippen molar-refractivity contribution in [2.45, 2.75) is 25.3 Å². The van der Waals surface area contributed by atoms with E-state index in [1.54, 1.807) is 0 Å².